The summed E-state index contributed by atoms with van der Waals surface area (Å²) in [5.74, 6) is -1.62. The van der Waals surface area contributed by atoms with Gasteiger partial charge in [-0.1, -0.05) is 11.6 Å². The summed E-state index contributed by atoms with van der Waals surface area (Å²) in [6.07, 6.45) is 0. The van der Waals surface area contributed by atoms with Crippen LogP contribution in [-0.4, -0.2) is 9.97 Å². The van der Waals surface area contributed by atoms with E-state index < -0.39 is 11.6 Å². The van der Waals surface area contributed by atoms with Crippen LogP contribution in [0.4, 0.5) is 8.78 Å². The van der Waals surface area contributed by atoms with Gasteiger partial charge in [0, 0.05) is 5.39 Å². The van der Waals surface area contributed by atoms with Crippen molar-refractivity contribution < 1.29 is 8.78 Å². The van der Waals surface area contributed by atoms with Crippen LogP contribution < -0.4 is 0 Å². The molecular weight excluding hydrogens is 210 g/mol. The molecule has 72 valence electrons. The predicted molar refractivity (Wildman–Crippen MR) is 49.2 cm³/mol. The lowest BCUT2D eigenvalue weighted by Gasteiger charge is -2.02. The van der Waals surface area contributed by atoms with E-state index in [1.54, 1.807) is 6.92 Å². The summed E-state index contributed by atoms with van der Waals surface area (Å²) in [6.45, 7) is 1.57. The fourth-order valence-electron chi connectivity index (χ4n) is 1.20. The maximum atomic E-state index is 13.2. The summed E-state index contributed by atoms with van der Waals surface area (Å²) in [4.78, 5) is 7.62. The molecule has 0 aliphatic carbocycles. The first-order valence-corrected chi connectivity index (χ1v) is 4.25. The minimum absolute atomic E-state index is 0.0810. The van der Waals surface area contributed by atoms with Gasteiger partial charge < -0.3 is 0 Å². The molecule has 0 atom stereocenters. The molecule has 0 aliphatic rings. The summed E-state index contributed by atoms with van der Waals surface area (Å²) >= 11 is 5.75. The highest BCUT2D eigenvalue weighted by Crippen LogP contribution is 2.23. The Morgan fingerprint density at radius 2 is 1.93 bits per heavy atom. The molecule has 0 N–H and O–H groups in total. The van der Waals surface area contributed by atoms with Crippen LogP contribution in [0.15, 0.2) is 12.1 Å². The maximum absolute atomic E-state index is 13.2. The standard InChI is InChI=1S/C9H5ClF2N2/c1-4-13-8-5(9(10)14-4)2-3-6(11)7(8)12/h2-3H,1H3. The van der Waals surface area contributed by atoms with Gasteiger partial charge in [-0.05, 0) is 19.1 Å². The molecule has 0 radical (unpaired) electrons. The topological polar surface area (TPSA) is 25.8 Å². The van der Waals surface area contributed by atoms with Crippen LogP contribution in [0.1, 0.15) is 5.82 Å². The van der Waals surface area contributed by atoms with Gasteiger partial charge in [-0.3, -0.25) is 0 Å². The van der Waals surface area contributed by atoms with Gasteiger partial charge in [-0.15, -0.1) is 0 Å². The Kier molecular flexibility index (Phi) is 2.07. The van der Waals surface area contributed by atoms with E-state index in [1.807, 2.05) is 0 Å². The second-order valence-corrected chi connectivity index (χ2v) is 3.18. The van der Waals surface area contributed by atoms with Crippen LogP contribution in [0.5, 0.6) is 0 Å². The van der Waals surface area contributed by atoms with E-state index in [0.717, 1.165) is 6.07 Å². The molecule has 2 nitrogen and oxygen atoms in total. The number of benzene rings is 1. The quantitative estimate of drug-likeness (QED) is 0.631. The summed E-state index contributed by atoms with van der Waals surface area (Å²) in [7, 11) is 0. The summed E-state index contributed by atoms with van der Waals surface area (Å²) in [6, 6.07) is 2.36. The molecule has 0 saturated carbocycles. The van der Waals surface area contributed by atoms with Gasteiger partial charge in [-0.2, -0.15) is 0 Å². The molecular formula is C9H5ClF2N2. The predicted octanol–water partition coefficient (Wildman–Crippen LogP) is 2.87. The molecule has 0 unspecified atom stereocenters. The van der Waals surface area contributed by atoms with E-state index in [1.165, 1.54) is 6.07 Å². The van der Waals surface area contributed by atoms with E-state index in [4.69, 9.17) is 11.6 Å². The summed E-state index contributed by atoms with van der Waals surface area (Å²) < 4.78 is 26.1. The zero-order valence-corrected chi connectivity index (χ0v) is 7.94. The number of rotatable bonds is 0. The average Bonchev–Trinajstić information content (AvgIpc) is 2.12. The lowest BCUT2D eigenvalue weighted by atomic mass is 10.2. The van der Waals surface area contributed by atoms with E-state index in [2.05, 4.69) is 9.97 Å². The van der Waals surface area contributed by atoms with E-state index in [9.17, 15) is 8.78 Å². The van der Waals surface area contributed by atoms with Crippen molar-refractivity contribution >= 4 is 22.5 Å². The molecule has 0 saturated heterocycles. The third-order valence-corrected chi connectivity index (χ3v) is 2.11. The zero-order chi connectivity index (χ0) is 10.3. The highest BCUT2D eigenvalue weighted by molar-refractivity contribution is 6.34. The van der Waals surface area contributed by atoms with Crippen LogP contribution in [0.3, 0.4) is 0 Å². The van der Waals surface area contributed by atoms with Gasteiger partial charge in [0.2, 0.25) is 0 Å². The van der Waals surface area contributed by atoms with E-state index in [-0.39, 0.29) is 10.7 Å². The largest absolute Gasteiger partial charge is 0.230 e. The molecule has 5 heteroatoms. The molecule has 2 aromatic rings. The van der Waals surface area contributed by atoms with Crippen molar-refractivity contribution in [3.8, 4) is 0 Å². The molecule has 0 amide bonds. The van der Waals surface area contributed by atoms with Crippen molar-refractivity contribution in [2.24, 2.45) is 0 Å². The third kappa shape index (κ3) is 1.32. The Morgan fingerprint density at radius 1 is 1.21 bits per heavy atom. The Balaban J connectivity index is 2.95. The van der Waals surface area contributed by atoms with Gasteiger partial charge in [0.05, 0.1) is 0 Å². The molecule has 1 heterocycles. The van der Waals surface area contributed by atoms with Crippen LogP contribution in [0.2, 0.25) is 5.15 Å². The number of hydrogen-bond donors (Lipinski definition) is 0. The Bertz CT molecular complexity index is 514. The molecule has 1 aromatic heterocycles. The molecule has 0 bridgehead atoms. The van der Waals surface area contributed by atoms with Crippen molar-refractivity contribution in [2.75, 3.05) is 0 Å². The van der Waals surface area contributed by atoms with Crippen molar-refractivity contribution in [2.45, 2.75) is 6.92 Å². The Morgan fingerprint density at radius 3 is 2.64 bits per heavy atom. The highest BCUT2D eigenvalue weighted by atomic mass is 35.5. The minimum Gasteiger partial charge on any atom is -0.230 e. The smallest absolute Gasteiger partial charge is 0.185 e. The number of nitrogens with zero attached hydrogens (tertiary/aromatic N) is 2. The van der Waals surface area contributed by atoms with Crippen LogP contribution in [0, 0.1) is 18.6 Å². The first kappa shape index (κ1) is 9.27. The van der Waals surface area contributed by atoms with Gasteiger partial charge in [0.1, 0.15) is 16.5 Å². The second-order valence-electron chi connectivity index (χ2n) is 2.82. The number of hydrogen-bond acceptors (Lipinski definition) is 2. The molecule has 0 fully saturated rings. The summed E-state index contributed by atoms with van der Waals surface area (Å²) in [5.41, 5.74) is -0.0810. The van der Waals surface area contributed by atoms with Crippen molar-refractivity contribution in [3.05, 3.63) is 34.7 Å². The number of aromatic nitrogens is 2. The summed E-state index contributed by atoms with van der Waals surface area (Å²) in [5, 5.41) is 0.447. The normalized spacial score (nSPS) is 10.9. The lowest BCUT2D eigenvalue weighted by Crippen LogP contribution is -1.95. The van der Waals surface area contributed by atoms with Crippen LogP contribution >= 0.6 is 11.6 Å². The van der Waals surface area contributed by atoms with Gasteiger partial charge in [0.15, 0.2) is 11.6 Å². The first-order valence-electron chi connectivity index (χ1n) is 3.87. The SMILES string of the molecule is Cc1nc(Cl)c2ccc(F)c(F)c2n1. The second kappa shape index (κ2) is 3.13. The lowest BCUT2D eigenvalue weighted by molar-refractivity contribution is 0.515. The van der Waals surface area contributed by atoms with E-state index >= 15 is 0 Å². The Labute approximate surface area is 83.6 Å². The fourth-order valence-corrected chi connectivity index (χ4v) is 1.48. The minimum atomic E-state index is -0.991. The van der Waals surface area contributed by atoms with Crippen LogP contribution in [0.25, 0.3) is 10.9 Å². The molecule has 2 rings (SSSR count). The zero-order valence-electron chi connectivity index (χ0n) is 7.18. The maximum Gasteiger partial charge on any atom is 0.185 e. The molecule has 14 heavy (non-hydrogen) atoms. The van der Waals surface area contributed by atoms with Crippen LogP contribution in [-0.2, 0) is 0 Å². The van der Waals surface area contributed by atoms with Crippen molar-refractivity contribution in [1.82, 2.24) is 9.97 Å². The van der Waals surface area contributed by atoms with Gasteiger partial charge in [-0.25, -0.2) is 18.7 Å². The third-order valence-electron chi connectivity index (χ3n) is 1.82. The first-order chi connectivity index (χ1) is 6.59. The van der Waals surface area contributed by atoms with Gasteiger partial charge in [0.25, 0.3) is 0 Å². The molecule has 1 aromatic carbocycles. The van der Waals surface area contributed by atoms with Gasteiger partial charge >= 0.3 is 0 Å². The molecule has 0 aliphatic heterocycles. The van der Waals surface area contributed by atoms with Crippen molar-refractivity contribution in [1.29, 1.82) is 0 Å². The number of aryl methyl sites for hydroxylation is 1. The Hall–Kier alpha value is -1.29. The number of fused-ring (bicyclic) bond motifs is 1. The van der Waals surface area contributed by atoms with E-state index in [0.29, 0.717) is 11.2 Å². The van der Waals surface area contributed by atoms with Crippen molar-refractivity contribution in [3.63, 3.8) is 0 Å². The monoisotopic (exact) mass is 214 g/mol. The molecule has 0 spiro atoms. The average molecular weight is 215 g/mol. The fraction of sp³-hybridized carbons (Fsp3) is 0.111. The highest BCUT2D eigenvalue weighted by Gasteiger charge is 2.11. The number of halogens is 3.